The normalized spacial score (nSPS) is 9.63. The second-order valence-electron chi connectivity index (χ2n) is 8.57. The van der Waals surface area contributed by atoms with Crippen molar-refractivity contribution >= 4 is 46.2 Å². The van der Waals surface area contributed by atoms with Crippen molar-refractivity contribution in [3.63, 3.8) is 0 Å². The van der Waals surface area contributed by atoms with Crippen LogP contribution in [0.2, 0.25) is 0 Å². The fraction of sp³-hybridized carbons (Fsp3) is 0.269. The molecule has 3 aromatic rings. The van der Waals surface area contributed by atoms with E-state index in [0.717, 1.165) is 15.4 Å². The number of pyridine rings is 1. The Hall–Kier alpha value is 1.48. The zero-order chi connectivity index (χ0) is 28.7. The number of carbonyl (C=O) groups is 4. The number of ether oxygens (including phenoxy) is 2. The van der Waals surface area contributed by atoms with Crippen molar-refractivity contribution in [1.29, 1.82) is 0 Å². The van der Waals surface area contributed by atoms with Gasteiger partial charge in [0.15, 0.2) is 0 Å². The molecule has 1 heterocycles. The zero-order valence-electron chi connectivity index (χ0n) is 29.2. The number of aliphatic carboxylic acids is 4. The minimum atomic E-state index is -1.23. The molecule has 0 fully saturated rings. The number of anilines is 2. The smallest absolute Gasteiger partial charge is 1.00 e. The monoisotopic (exact) mass is 701 g/mol. The largest absolute Gasteiger partial charge is 1.00 e. The van der Waals surface area contributed by atoms with Crippen LogP contribution in [0.5, 0.6) is 11.5 Å². The fourth-order valence-corrected chi connectivity index (χ4v) is 3.92. The maximum atomic E-state index is 11.4. The van der Waals surface area contributed by atoms with Crippen molar-refractivity contribution in [3.05, 3.63) is 53.7 Å². The summed E-state index contributed by atoms with van der Waals surface area (Å²) in [6, 6.07) is 11.4. The molecule has 13 nitrogen and oxygen atoms in total. The number of carboxylic acids is 4. The average molecular weight is 702 g/mol. The average Bonchev–Trinajstić information content (AvgIpc) is 2.84. The molecule has 2 aromatic carbocycles. The van der Waals surface area contributed by atoms with Crippen molar-refractivity contribution < 1.29 is 260 Å². The maximum Gasteiger partial charge on any atom is 1.00 e. The second-order valence-corrected chi connectivity index (χ2v) is 8.57. The van der Waals surface area contributed by atoms with Gasteiger partial charge in [-0.05, 0) is 36.8 Å². The molecule has 0 saturated heterocycles. The summed E-state index contributed by atoms with van der Waals surface area (Å²) in [6.07, 6.45) is 0. The first kappa shape index (κ1) is 46.6. The van der Waals surface area contributed by atoms with Gasteiger partial charge in [-0.15, -0.1) is 0 Å². The van der Waals surface area contributed by atoms with Gasteiger partial charge in [-0.25, -0.2) is 4.98 Å². The molecule has 0 atom stereocenters. The van der Waals surface area contributed by atoms with Crippen LogP contribution >= 0.6 is 0 Å². The Labute approximate surface area is 424 Å². The summed E-state index contributed by atoms with van der Waals surface area (Å²) >= 11 is 0. The summed E-state index contributed by atoms with van der Waals surface area (Å²) in [5.41, 5.74) is 2.02. The van der Waals surface area contributed by atoms with Gasteiger partial charge in [0.25, 0.3) is 0 Å². The fourth-order valence-electron chi connectivity index (χ4n) is 3.92. The van der Waals surface area contributed by atoms with E-state index in [0.29, 0.717) is 22.3 Å². The van der Waals surface area contributed by atoms with Gasteiger partial charge >= 0.3 is 229 Å². The number of rotatable bonds is 14. The molecule has 0 saturated carbocycles. The number of carboxylic acid groups (broad SMARTS) is 4. The quantitative estimate of drug-likeness (QED) is 0.116. The first-order chi connectivity index (χ1) is 18.5. The molecule has 0 aliphatic rings. The molecule has 0 amide bonds. The van der Waals surface area contributed by atoms with Crippen LogP contribution in [0.4, 0.5) is 11.4 Å². The number of nitrogens with zero attached hydrogens (tertiary/aromatic N) is 3. The molecule has 3 rings (SSSR count). The van der Waals surface area contributed by atoms with Crippen LogP contribution in [0.3, 0.4) is 0 Å². The third-order valence-electron chi connectivity index (χ3n) is 5.52. The van der Waals surface area contributed by atoms with E-state index in [9.17, 15) is 39.6 Å². The van der Waals surface area contributed by atoms with E-state index < -0.39 is 50.1 Å². The predicted octanol–water partition coefficient (Wildman–Crippen LogP) is -9.45. The number of hydrogen-bond donors (Lipinski definition) is 4. The van der Waals surface area contributed by atoms with Gasteiger partial charge in [0, 0.05) is 11.5 Å². The molecule has 0 unspecified atom stereocenters. The van der Waals surface area contributed by atoms with Crippen LogP contribution in [0.25, 0.3) is 10.9 Å². The molecule has 214 valence electrons. The van der Waals surface area contributed by atoms with Crippen LogP contribution < -0.4 is 225 Å². The summed E-state index contributed by atoms with van der Waals surface area (Å²) < 4.78 is 11.3. The molecule has 1 aromatic heterocycles. The van der Waals surface area contributed by atoms with Crippen LogP contribution in [0, 0.1) is 6.92 Å². The zero-order valence-corrected chi connectivity index (χ0v) is 37.6. The van der Waals surface area contributed by atoms with E-state index >= 15 is 0 Å². The molecule has 17 heteroatoms. The van der Waals surface area contributed by atoms with E-state index in [1.807, 2.05) is 0 Å². The van der Waals surface area contributed by atoms with E-state index in [-0.39, 0.29) is 235 Å². The molecule has 0 bridgehead atoms. The summed E-state index contributed by atoms with van der Waals surface area (Å²) in [5, 5.41) is 37.8. The Morgan fingerprint density at radius 3 is 1.74 bits per heavy atom. The number of methoxy groups -OCH3 is 1. The number of benzene rings is 2. The molecular weight excluding hydrogens is 671 g/mol. The molecule has 0 aliphatic carbocycles. The predicted molar refractivity (Wildman–Crippen MR) is 143 cm³/mol. The summed E-state index contributed by atoms with van der Waals surface area (Å²) in [7, 11) is 1.43. The summed E-state index contributed by atoms with van der Waals surface area (Å²) in [4.78, 5) is 52.5. The number of hydrogen-bond acceptors (Lipinski definition) is 9. The maximum absolute atomic E-state index is 11.4. The summed E-state index contributed by atoms with van der Waals surface area (Å²) in [5.74, 6) is -4.27. The molecular formula is C26H31K4N3O10. The third-order valence-corrected chi connectivity index (χ3v) is 5.52. The van der Waals surface area contributed by atoms with Crippen molar-refractivity contribution in [2.75, 3.05) is 43.1 Å². The van der Waals surface area contributed by atoms with Crippen LogP contribution in [0.1, 0.15) is 17.0 Å². The van der Waals surface area contributed by atoms with Gasteiger partial charge in [-0.3, -0.25) is 19.2 Å². The van der Waals surface area contributed by atoms with E-state index in [1.165, 1.54) is 13.2 Å². The van der Waals surface area contributed by atoms with Crippen molar-refractivity contribution in [2.45, 2.75) is 13.5 Å². The van der Waals surface area contributed by atoms with Crippen molar-refractivity contribution in [2.24, 2.45) is 0 Å². The van der Waals surface area contributed by atoms with Gasteiger partial charge in [-0.1, -0.05) is 12.1 Å². The molecule has 0 spiro atoms. The van der Waals surface area contributed by atoms with Crippen LogP contribution in [-0.4, -0.2) is 82.6 Å². The molecule has 0 radical (unpaired) electrons. The standard InChI is InChI=1S/C26H27N3O10.4K.4H/c1-15-3-6-19(28(10-22(30)31)11-23(32)33)21(7-15)39-14-17-5-4-16-8-18(38-2)9-20(26(16)27-17)29(12-24(34)35)13-25(36)37;;;;;;;;/h3-9H,10-14H2,1-2H3,(H,30,31)(H,32,33)(H,34,35)(H,36,37);;;;;;;;/q;4*+1;4*-1. The topological polar surface area (TPSA) is 187 Å². The number of aryl methyl sites for hydroxylation is 1. The van der Waals surface area contributed by atoms with E-state index in [4.69, 9.17) is 9.47 Å². The van der Waals surface area contributed by atoms with Gasteiger partial charge in [0.05, 0.1) is 29.7 Å². The SMILES string of the molecule is COc1cc(N(CC(=O)O)CC(=O)O)c2nc(COc3cc(C)ccc3N(CC(=O)O)CC(=O)O)ccc2c1.[H-].[H-].[H-].[H-].[K+].[K+].[K+].[K+]. The van der Waals surface area contributed by atoms with Crippen molar-refractivity contribution in [3.8, 4) is 11.5 Å². The van der Waals surface area contributed by atoms with Crippen molar-refractivity contribution in [1.82, 2.24) is 4.98 Å². The minimum Gasteiger partial charge on any atom is -1.00 e. The van der Waals surface area contributed by atoms with Gasteiger partial charge < -0.3 is 45.4 Å². The number of aromatic nitrogens is 1. The van der Waals surface area contributed by atoms with E-state index in [1.54, 1.807) is 43.3 Å². The number of fused-ring (bicyclic) bond motifs is 1. The first-order valence-electron chi connectivity index (χ1n) is 11.5. The first-order valence-corrected chi connectivity index (χ1v) is 11.5. The van der Waals surface area contributed by atoms with Gasteiger partial charge in [-0.2, -0.15) is 0 Å². The minimum absolute atomic E-state index is 0. The third kappa shape index (κ3) is 15.1. The van der Waals surface area contributed by atoms with Gasteiger partial charge in [0.1, 0.15) is 44.3 Å². The molecule has 4 N–H and O–H groups in total. The molecule has 0 aliphatic heterocycles. The van der Waals surface area contributed by atoms with Gasteiger partial charge in [0.2, 0.25) is 0 Å². The van der Waals surface area contributed by atoms with Crippen LogP contribution in [-0.2, 0) is 25.8 Å². The van der Waals surface area contributed by atoms with E-state index in [2.05, 4.69) is 4.98 Å². The Morgan fingerprint density at radius 2 is 1.26 bits per heavy atom. The Bertz CT molecular complexity index is 1420. The second kappa shape index (κ2) is 22.9. The van der Waals surface area contributed by atoms with Crippen LogP contribution in [0.15, 0.2) is 42.5 Å². The Morgan fingerprint density at radius 1 is 0.744 bits per heavy atom. The molecule has 43 heavy (non-hydrogen) atoms. The summed E-state index contributed by atoms with van der Waals surface area (Å²) in [6.45, 7) is -0.617. The Balaban J connectivity index is -0.000000525. The Kier molecular flexibility index (Phi) is 24.9.